The van der Waals surface area contributed by atoms with E-state index in [-0.39, 0.29) is 35.8 Å². The molecule has 4 aliphatic rings. The molecule has 0 aromatic carbocycles. The maximum atomic E-state index is 14.5. The Balaban J connectivity index is 1.67. The molecule has 7 atom stereocenters. The number of hydrogen-bond donors (Lipinski definition) is 1. The molecule has 0 aliphatic carbocycles. The monoisotopic (exact) mass is 625 g/mol. The van der Waals surface area contributed by atoms with Crippen molar-refractivity contribution in [2.45, 2.75) is 61.7 Å². The molecule has 224 valence electrons. The average Bonchev–Trinajstić information content (AvgIpc) is 3.53. The number of aliphatic hydroxyl groups excluding tert-OH is 1. The number of ether oxygens (including phenoxy) is 3. The second-order valence-electron chi connectivity index (χ2n) is 11.5. The van der Waals surface area contributed by atoms with Crippen LogP contribution in [0.5, 0.6) is 0 Å². The van der Waals surface area contributed by atoms with Gasteiger partial charge in [-0.05, 0) is 25.2 Å². The minimum Gasteiger partial charge on any atom is -0.465 e. The van der Waals surface area contributed by atoms with Crippen molar-refractivity contribution >= 4 is 33.7 Å². The highest BCUT2D eigenvalue weighted by Gasteiger charge is 2.77. The van der Waals surface area contributed by atoms with Gasteiger partial charge < -0.3 is 29.1 Å². The van der Waals surface area contributed by atoms with Crippen LogP contribution in [0.1, 0.15) is 33.1 Å². The van der Waals surface area contributed by atoms with Crippen molar-refractivity contribution in [2.24, 2.45) is 17.8 Å². The number of amides is 2. The smallest absolute Gasteiger partial charge is 0.312 e. The van der Waals surface area contributed by atoms with Crippen LogP contribution in [0.15, 0.2) is 25.3 Å². The van der Waals surface area contributed by atoms with E-state index >= 15 is 0 Å². The summed E-state index contributed by atoms with van der Waals surface area (Å²) in [6.45, 7) is 15.6. The lowest BCUT2D eigenvalue weighted by Crippen LogP contribution is -2.60. The number of fused-ring (bicyclic) bond motifs is 1. The second kappa shape index (κ2) is 13.5. The molecule has 1 N–H and O–H groups in total. The Kier molecular flexibility index (Phi) is 10.5. The number of allylic oxidation sites excluding steroid dienone is 1. The third-order valence-electron chi connectivity index (χ3n) is 8.79. The standard InChI is InChI=1S/C29H44BrN3O7/c1-5-7-8-14-39-28(37)22-23-26(35)33(21(18-34)19(3)4)25(29(23)17-20(30)24(22)40-29)27(36)32(9-6-2)11-10-31-12-15-38-16-13-31/h5-6,19-25,34H,1-2,7-18H2,3-4H3/t20?,21-,22+,23-,24+,25?,29?/m0/s1. The molecule has 0 saturated carbocycles. The summed E-state index contributed by atoms with van der Waals surface area (Å²) in [4.78, 5) is 47.4. The molecule has 40 heavy (non-hydrogen) atoms. The molecule has 4 heterocycles. The quantitative estimate of drug-likeness (QED) is 0.134. The minimum absolute atomic E-state index is 0.123. The van der Waals surface area contributed by atoms with Crippen molar-refractivity contribution in [3.05, 3.63) is 25.3 Å². The lowest BCUT2D eigenvalue weighted by molar-refractivity contribution is -0.157. The molecule has 0 aromatic rings. The normalized spacial score (nSPS) is 32.3. The fourth-order valence-corrected chi connectivity index (χ4v) is 7.74. The van der Waals surface area contributed by atoms with Gasteiger partial charge in [-0.25, -0.2) is 0 Å². The molecule has 11 heteroatoms. The molecule has 1 spiro atoms. The van der Waals surface area contributed by atoms with E-state index in [1.165, 1.54) is 4.90 Å². The van der Waals surface area contributed by atoms with Gasteiger partial charge in [-0.15, -0.1) is 13.2 Å². The molecule has 4 aliphatic heterocycles. The molecule has 10 nitrogen and oxygen atoms in total. The van der Waals surface area contributed by atoms with E-state index in [9.17, 15) is 19.5 Å². The summed E-state index contributed by atoms with van der Waals surface area (Å²) >= 11 is 3.69. The first-order chi connectivity index (χ1) is 19.2. The number of esters is 1. The Bertz CT molecular complexity index is 958. The Hall–Kier alpha value is -1.79. The van der Waals surface area contributed by atoms with Gasteiger partial charge in [0.1, 0.15) is 11.6 Å². The van der Waals surface area contributed by atoms with Gasteiger partial charge in [-0.2, -0.15) is 0 Å². The summed E-state index contributed by atoms with van der Waals surface area (Å²) in [6, 6.07) is -1.58. The van der Waals surface area contributed by atoms with Gasteiger partial charge in [-0.1, -0.05) is 41.9 Å². The number of alkyl halides is 1. The Morgan fingerprint density at radius 2 is 2.00 bits per heavy atom. The van der Waals surface area contributed by atoms with Gasteiger partial charge in [0.15, 0.2) is 0 Å². The molecule has 4 rings (SSSR count). The molecule has 4 saturated heterocycles. The summed E-state index contributed by atoms with van der Waals surface area (Å²) in [5, 5.41) is 10.4. The van der Waals surface area contributed by atoms with Crippen LogP contribution in [0.3, 0.4) is 0 Å². The third-order valence-corrected chi connectivity index (χ3v) is 9.64. The van der Waals surface area contributed by atoms with Crippen molar-refractivity contribution in [1.29, 1.82) is 0 Å². The zero-order valence-corrected chi connectivity index (χ0v) is 25.3. The van der Waals surface area contributed by atoms with E-state index in [1.807, 2.05) is 13.8 Å². The minimum atomic E-state index is -1.20. The number of morpholine rings is 1. The molecule has 2 bridgehead atoms. The summed E-state index contributed by atoms with van der Waals surface area (Å²) in [5.74, 6) is -2.86. The largest absolute Gasteiger partial charge is 0.465 e. The number of nitrogens with zero attached hydrogens (tertiary/aromatic N) is 3. The van der Waals surface area contributed by atoms with Crippen LogP contribution in [0.4, 0.5) is 0 Å². The van der Waals surface area contributed by atoms with Crippen LogP contribution in [-0.4, -0.2) is 125 Å². The zero-order valence-electron chi connectivity index (χ0n) is 23.7. The highest BCUT2D eigenvalue weighted by Crippen LogP contribution is 2.61. The number of rotatable bonds is 14. The second-order valence-corrected chi connectivity index (χ2v) is 12.7. The number of unbranched alkanes of at least 4 members (excludes halogenated alkanes) is 1. The van der Waals surface area contributed by atoms with Crippen molar-refractivity contribution in [3.63, 3.8) is 0 Å². The molecule has 3 unspecified atom stereocenters. The number of carbonyl (C=O) groups excluding carboxylic acids is 3. The predicted molar refractivity (Wildman–Crippen MR) is 153 cm³/mol. The molecule has 2 amide bonds. The zero-order chi connectivity index (χ0) is 29.0. The van der Waals surface area contributed by atoms with E-state index in [2.05, 4.69) is 34.0 Å². The van der Waals surface area contributed by atoms with Crippen LogP contribution in [-0.2, 0) is 28.6 Å². The van der Waals surface area contributed by atoms with E-state index in [0.29, 0.717) is 52.1 Å². The topological polar surface area (TPSA) is 109 Å². The third kappa shape index (κ3) is 5.77. The highest BCUT2D eigenvalue weighted by atomic mass is 79.9. The van der Waals surface area contributed by atoms with Gasteiger partial charge in [0.25, 0.3) is 0 Å². The predicted octanol–water partition coefficient (Wildman–Crippen LogP) is 1.61. The number of likely N-dealkylation sites (tertiary alicyclic amines) is 1. The fourth-order valence-electron chi connectivity index (χ4n) is 6.80. The first-order valence-corrected chi connectivity index (χ1v) is 15.4. The maximum absolute atomic E-state index is 14.5. The van der Waals surface area contributed by atoms with Crippen LogP contribution >= 0.6 is 15.9 Å². The van der Waals surface area contributed by atoms with Crippen molar-refractivity contribution in [2.75, 3.05) is 59.2 Å². The van der Waals surface area contributed by atoms with E-state index in [1.54, 1.807) is 17.1 Å². The van der Waals surface area contributed by atoms with Crippen LogP contribution in [0.2, 0.25) is 0 Å². The van der Waals surface area contributed by atoms with Gasteiger partial charge in [0, 0.05) is 37.6 Å². The molecular weight excluding hydrogens is 582 g/mol. The first-order valence-electron chi connectivity index (χ1n) is 14.4. The molecule has 0 aromatic heterocycles. The van der Waals surface area contributed by atoms with E-state index in [4.69, 9.17) is 14.2 Å². The van der Waals surface area contributed by atoms with Gasteiger partial charge >= 0.3 is 5.97 Å². The first kappa shape index (κ1) is 31.2. The maximum Gasteiger partial charge on any atom is 0.312 e. The Labute approximate surface area is 245 Å². The summed E-state index contributed by atoms with van der Waals surface area (Å²) < 4.78 is 17.6. The highest BCUT2D eigenvalue weighted by molar-refractivity contribution is 9.09. The summed E-state index contributed by atoms with van der Waals surface area (Å²) in [6.07, 6.45) is 4.63. The van der Waals surface area contributed by atoms with Crippen molar-refractivity contribution < 1.29 is 33.7 Å². The lowest BCUT2D eigenvalue weighted by atomic mass is 9.70. The van der Waals surface area contributed by atoms with Crippen LogP contribution in [0, 0.1) is 17.8 Å². The van der Waals surface area contributed by atoms with Gasteiger partial charge in [0.2, 0.25) is 11.8 Å². The van der Waals surface area contributed by atoms with Gasteiger partial charge in [-0.3, -0.25) is 19.3 Å². The van der Waals surface area contributed by atoms with E-state index in [0.717, 1.165) is 13.1 Å². The summed E-state index contributed by atoms with van der Waals surface area (Å²) in [5.41, 5.74) is -1.20. The number of halogens is 1. The number of hydrogen-bond acceptors (Lipinski definition) is 8. The molecular formula is C29H44BrN3O7. The fraction of sp³-hybridized carbons (Fsp3) is 0.759. The van der Waals surface area contributed by atoms with Gasteiger partial charge in [0.05, 0.1) is 50.4 Å². The lowest BCUT2D eigenvalue weighted by Gasteiger charge is -2.41. The van der Waals surface area contributed by atoms with E-state index < -0.39 is 41.6 Å². The van der Waals surface area contributed by atoms with Crippen LogP contribution < -0.4 is 0 Å². The summed E-state index contributed by atoms with van der Waals surface area (Å²) in [7, 11) is 0. The van der Waals surface area contributed by atoms with Crippen molar-refractivity contribution in [1.82, 2.24) is 14.7 Å². The SMILES string of the molecule is C=CCCCOC(=O)[C@H]1[C@@H]2OC3(CC2Br)C(C(=O)N(CC=C)CCN2CCOCC2)N([C@@H](CO)C(C)C)C(=O)[C@H]13. The number of aliphatic hydroxyl groups is 1. The molecule has 4 fully saturated rings. The van der Waals surface area contributed by atoms with Crippen LogP contribution in [0.25, 0.3) is 0 Å². The Morgan fingerprint density at radius 3 is 2.62 bits per heavy atom. The molecule has 0 radical (unpaired) electrons. The van der Waals surface area contributed by atoms with Crippen molar-refractivity contribution in [3.8, 4) is 0 Å². The average molecular weight is 627 g/mol. The number of carbonyl (C=O) groups is 3. The Morgan fingerprint density at radius 1 is 1.27 bits per heavy atom.